The summed E-state index contributed by atoms with van der Waals surface area (Å²) in [6, 6.07) is 10.9. The number of benzene rings is 1. The molecule has 2 aromatic rings. The molecule has 66 valence electrons. The van der Waals surface area contributed by atoms with Gasteiger partial charge in [-0.05, 0) is 36.9 Å². The van der Waals surface area contributed by atoms with Crippen LogP contribution in [0.5, 0.6) is 0 Å². The van der Waals surface area contributed by atoms with Crippen molar-refractivity contribution < 1.29 is 0 Å². The van der Waals surface area contributed by atoms with Crippen molar-refractivity contribution in [2.45, 2.75) is 12.8 Å². The molecule has 1 aliphatic heterocycles. The van der Waals surface area contributed by atoms with E-state index in [1.807, 2.05) is 11.9 Å². The average molecular weight is 189 g/mol. The van der Waals surface area contributed by atoms with Gasteiger partial charge < -0.3 is 0 Å². The number of fused-ring (bicyclic) bond motifs is 3. The van der Waals surface area contributed by atoms with Crippen molar-refractivity contribution in [1.82, 2.24) is 3.97 Å². The second-order valence-electron chi connectivity index (χ2n) is 3.43. The molecule has 0 fully saturated rings. The second kappa shape index (κ2) is 2.81. The van der Waals surface area contributed by atoms with Crippen LogP contribution in [0.4, 0.5) is 0 Å². The first-order chi connectivity index (χ1) is 6.45. The van der Waals surface area contributed by atoms with E-state index >= 15 is 0 Å². The van der Waals surface area contributed by atoms with E-state index in [2.05, 4.69) is 34.3 Å². The van der Waals surface area contributed by atoms with Crippen molar-refractivity contribution >= 4 is 22.9 Å². The number of rotatable bonds is 0. The molecule has 2 heterocycles. The van der Waals surface area contributed by atoms with Gasteiger partial charge in [0.2, 0.25) is 0 Å². The molecular formula is C11H11NS. The maximum atomic E-state index is 2.39. The number of para-hydroxylation sites is 1. The number of aryl methyl sites for hydroxylation is 1. The van der Waals surface area contributed by atoms with Crippen molar-refractivity contribution in [2.75, 3.05) is 5.75 Å². The fourth-order valence-electron chi connectivity index (χ4n) is 1.92. The highest BCUT2D eigenvalue weighted by Gasteiger charge is 2.12. The molecule has 1 aliphatic rings. The highest BCUT2D eigenvalue weighted by atomic mass is 32.2. The van der Waals surface area contributed by atoms with E-state index in [0.29, 0.717) is 0 Å². The van der Waals surface area contributed by atoms with E-state index in [1.54, 1.807) is 0 Å². The Bertz CT molecular complexity index is 444. The van der Waals surface area contributed by atoms with Crippen LogP contribution in [0.25, 0.3) is 10.9 Å². The van der Waals surface area contributed by atoms with Crippen molar-refractivity contribution in [1.29, 1.82) is 0 Å². The van der Waals surface area contributed by atoms with Crippen molar-refractivity contribution in [2.24, 2.45) is 0 Å². The quantitative estimate of drug-likeness (QED) is 0.616. The van der Waals surface area contributed by atoms with E-state index in [1.165, 1.54) is 35.2 Å². The summed E-state index contributed by atoms with van der Waals surface area (Å²) in [5.41, 5.74) is 2.86. The number of aromatic nitrogens is 1. The molecule has 0 saturated carbocycles. The van der Waals surface area contributed by atoms with Crippen molar-refractivity contribution in [3.05, 3.63) is 36.0 Å². The lowest BCUT2D eigenvalue weighted by atomic mass is 10.2. The molecule has 1 aromatic heterocycles. The Hall–Kier alpha value is -0.890. The van der Waals surface area contributed by atoms with Gasteiger partial charge in [-0.25, -0.2) is 0 Å². The minimum Gasteiger partial charge on any atom is -0.288 e. The SMILES string of the molecule is c1ccc2c(c1)cc1n2SCCC1. The molecule has 1 nitrogen and oxygen atoms in total. The predicted molar refractivity (Wildman–Crippen MR) is 58.1 cm³/mol. The van der Waals surface area contributed by atoms with Gasteiger partial charge in [-0.15, -0.1) is 0 Å². The van der Waals surface area contributed by atoms with E-state index in [-0.39, 0.29) is 0 Å². The third kappa shape index (κ3) is 1.09. The minimum absolute atomic E-state index is 1.24. The molecule has 0 bridgehead atoms. The molecule has 0 amide bonds. The Balaban J connectivity index is 2.34. The molecule has 3 rings (SSSR count). The van der Waals surface area contributed by atoms with Gasteiger partial charge in [-0.3, -0.25) is 3.97 Å². The van der Waals surface area contributed by atoms with Gasteiger partial charge in [-0.1, -0.05) is 18.2 Å². The second-order valence-corrected chi connectivity index (χ2v) is 4.46. The van der Waals surface area contributed by atoms with Crippen LogP contribution in [0.1, 0.15) is 12.1 Å². The smallest absolute Gasteiger partial charge is 0.0594 e. The lowest BCUT2D eigenvalue weighted by Crippen LogP contribution is -2.03. The Morgan fingerprint density at radius 2 is 2.15 bits per heavy atom. The number of nitrogens with zero attached hydrogens (tertiary/aromatic N) is 1. The Labute approximate surface area is 81.9 Å². The van der Waals surface area contributed by atoms with Crippen LogP contribution in [-0.2, 0) is 6.42 Å². The summed E-state index contributed by atoms with van der Waals surface area (Å²) < 4.78 is 2.39. The molecule has 13 heavy (non-hydrogen) atoms. The molecule has 0 N–H and O–H groups in total. The van der Waals surface area contributed by atoms with Gasteiger partial charge in [0.05, 0.1) is 5.52 Å². The molecule has 0 spiro atoms. The van der Waals surface area contributed by atoms with Crippen LogP contribution in [0.2, 0.25) is 0 Å². The largest absolute Gasteiger partial charge is 0.288 e. The van der Waals surface area contributed by atoms with Crippen LogP contribution >= 0.6 is 11.9 Å². The van der Waals surface area contributed by atoms with Gasteiger partial charge in [0.15, 0.2) is 0 Å². The molecule has 2 heteroatoms. The summed E-state index contributed by atoms with van der Waals surface area (Å²) >= 11 is 1.94. The summed E-state index contributed by atoms with van der Waals surface area (Å²) in [6.45, 7) is 0. The third-order valence-electron chi connectivity index (χ3n) is 2.54. The van der Waals surface area contributed by atoms with Crippen LogP contribution < -0.4 is 0 Å². The first-order valence-corrected chi connectivity index (χ1v) is 5.62. The lowest BCUT2D eigenvalue weighted by molar-refractivity contribution is 0.865. The zero-order valence-electron chi connectivity index (χ0n) is 7.36. The zero-order valence-corrected chi connectivity index (χ0v) is 8.18. The normalized spacial score (nSPS) is 16.0. The molecule has 0 unspecified atom stereocenters. The third-order valence-corrected chi connectivity index (χ3v) is 3.70. The Kier molecular flexibility index (Phi) is 1.62. The van der Waals surface area contributed by atoms with Crippen molar-refractivity contribution in [3.8, 4) is 0 Å². The van der Waals surface area contributed by atoms with E-state index in [9.17, 15) is 0 Å². The average Bonchev–Trinajstić information content (AvgIpc) is 2.56. The first kappa shape index (κ1) is 7.51. The topological polar surface area (TPSA) is 4.93 Å². The van der Waals surface area contributed by atoms with Crippen LogP contribution in [0, 0.1) is 0 Å². The first-order valence-electron chi connectivity index (χ1n) is 4.68. The maximum Gasteiger partial charge on any atom is 0.0594 e. The standard InChI is InChI=1S/C11H11NS/c1-2-6-11-9(4-1)8-10-5-3-7-13-12(10)11/h1-2,4,6,8H,3,5,7H2. The number of hydrogen-bond donors (Lipinski definition) is 0. The van der Waals surface area contributed by atoms with Crippen LogP contribution in [0.15, 0.2) is 30.3 Å². The minimum atomic E-state index is 1.24. The zero-order chi connectivity index (χ0) is 8.67. The summed E-state index contributed by atoms with van der Waals surface area (Å²) in [5, 5.41) is 1.38. The monoisotopic (exact) mass is 189 g/mol. The van der Waals surface area contributed by atoms with Gasteiger partial charge in [-0.2, -0.15) is 0 Å². The molecule has 0 saturated heterocycles. The Morgan fingerprint density at radius 1 is 1.23 bits per heavy atom. The van der Waals surface area contributed by atoms with Gasteiger partial charge in [0.25, 0.3) is 0 Å². The van der Waals surface area contributed by atoms with Gasteiger partial charge in [0.1, 0.15) is 0 Å². The molecule has 1 aromatic carbocycles. The Morgan fingerprint density at radius 3 is 3.15 bits per heavy atom. The van der Waals surface area contributed by atoms with Gasteiger partial charge in [0, 0.05) is 16.8 Å². The fraction of sp³-hybridized carbons (Fsp3) is 0.273. The maximum absolute atomic E-state index is 2.39. The van der Waals surface area contributed by atoms with Crippen LogP contribution in [-0.4, -0.2) is 9.73 Å². The summed E-state index contributed by atoms with van der Waals surface area (Å²) in [6.07, 6.45) is 2.56. The highest BCUT2D eigenvalue weighted by molar-refractivity contribution is 7.98. The van der Waals surface area contributed by atoms with E-state index in [0.717, 1.165) is 0 Å². The van der Waals surface area contributed by atoms with E-state index in [4.69, 9.17) is 0 Å². The molecule has 0 aliphatic carbocycles. The van der Waals surface area contributed by atoms with Gasteiger partial charge >= 0.3 is 0 Å². The van der Waals surface area contributed by atoms with E-state index < -0.39 is 0 Å². The molecule has 0 radical (unpaired) electrons. The lowest BCUT2D eigenvalue weighted by Gasteiger charge is -2.14. The predicted octanol–water partition coefficient (Wildman–Crippen LogP) is 3.08. The summed E-state index contributed by atoms with van der Waals surface area (Å²) in [4.78, 5) is 0. The van der Waals surface area contributed by atoms with Crippen LogP contribution in [0.3, 0.4) is 0 Å². The molecule has 0 atom stereocenters. The summed E-state index contributed by atoms with van der Waals surface area (Å²) in [7, 11) is 0. The molecular weight excluding hydrogens is 178 g/mol. The fourth-order valence-corrected chi connectivity index (χ4v) is 2.99. The highest BCUT2D eigenvalue weighted by Crippen LogP contribution is 2.29. The summed E-state index contributed by atoms with van der Waals surface area (Å²) in [5.74, 6) is 1.26. The number of hydrogen-bond acceptors (Lipinski definition) is 1. The van der Waals surface area contributed by atoms with Crippen molar-refractivity contribution in [3.63, 3.8) is 0 Å².